The van der Waals surface area contributed by atoms with Gasteiger partial charge in [-0.15, -0.1) is 0 Å². The fraction of sp³-hybridized carbons (Fsp3) is 0.194. The van der Waals surface area contributed by atoms with Crippen molar-refractivity contribution in [3.05, 3.63) is 210 Å². The third-order valence-corrected chi connectivity index (χ3v) is 14.2. The minimum absolute atomic E-state index is 0.123. The lowest BCUT2D eigenvalue weighted by molar-refractivity contribution is 0.446. The van der Waals surface area contributed by atoms with E-state index in [1.807, 2.05) is 30.5 Å². The Balaban J connectivity index is 1.27. The number of fused-ring (bicyclic) bond motifs is 4. The highest BCUT2D eigenvalue weighted by Crippen LogP contribution is 2.48. The molecule has 1 N–H and O–H groups in total. The zero-order chi connectivity index (χ0) is 52.8. The molecule has 0 spiro atoms. The van der Waals surface area contributed by atoms with Crippen molar-refractivity contribution in [2.75, 3.05) is 0 Å². The van der Waals surface area contributed by atoms with Crippen LogP contribution in [0.2, 0.25) is 0 Å². The van der Waals surface area contributed by atoms with Crippen LogP contribution in [0.5, 0.6) is 5.75 Å². The molecule has 0 saturated heterocycles. The number of benzene rings is 8. The van der Waals surface area contributed by atoms with E-state index >= 15 is 0 Å². The Labute approximate surface area is 428 Å². The molecule has 5 heteroatoms. The predicted molar refractivity (Wildman–Crippen MR) is 303 cm³/mol. The van der Waals surface area contributed by atoms with Crippen LogP contribution in [0, 0.1) is 6.85 Å². The van der Waals surface area contributed by atoms with Crippen LogP contribution < -0.4 is 0 Å². The van der Waals surface area contributed by atoms with Crippen LogP contribution in [-0.4, -0.2) is 24.2 Å². The Kier molecular flexibility index (Phi) is 10.3. The minimum Gasteiger partial charge on any atom is -0.507 e. The molecule has 0 bridgehead atoms. The fourth-order valence-corrected chi connectivity index (χ4v) is 10.3. The van der Waals surface area contributed by atoms with Crippen LogP contribution in [0.4, 0.5) is 0 Å². The number of phenols is 1. The number of aromatic hydroxyl groups is 1. The van der Waals surface area contributed by atoms with Crippen LogP contribution in [0.1, 0.15) is 88.7 Å². The number of aromatic nitrogens is 4. The lowest BCUT2D eigenvalue weighted by Gasteiger charge is -2.28. The molecular formula is C67H62N4O. The number of phenolic OH excluding ortho intramolecular Hbond substituents is 1. The standard InChI is InChI=1S/C67H62N4O/c1-42-28-30-43(31-29-42)45-34-35-68-57(38-45)46-36-53-50-24-17-18-26-58(50)70(49-22-15-12-16-23-49)62(53)54(37-46)51-25-19-27-60-61(51)69-64(55-40-48(66(5,6)7)41-56(63(55)72)67(8,9)10)71(60)59-33-32-47(65(2,3)4)39-52(59)44-20-13-11-14-21-44/h11-41,72H,1-10H3/i1D3. The first-order valence-corrected chi connectivity index (χ1v) is 25.0. The molecule has 3 heterocycles. The molecule has 0 aliphatic rings. The molecule has 11 aromatic rings. The summed E-state index contributed by atoms with van der Waals surface area (Å²) >= 11 is 0. The average molecular weight is 942 g/mol. The molecular weight excluding hydrogens is 877 g/mol. The van der Waals surface area contributed by atoms with Crippen molar-refractivity contribution in [2.24, 2.45) is 0 Å². The smallest absolute Gasteiger partial charge is 0.149 e. The van der Waals surface area contributed by atoms with Crippen LogP contribution in [0.3, 0.4) is 0 Å². The SMILES string of the molecule is [2H]C([2H])([2H])c1ccc(-c2ccnc(-c3cc(-c4cccc5c4nc(-c4cc(C(C)(C)C)cc(C(C)(C)C)c4O)n5-c4ccc(C(C)(C)C)cc4-c4ccccc4)c4c(c3)c3ccccc3n4-c3ccccc3)c2)cc1. The third kappa shape index (κ3) is 8.17. The number of imidazole rings is 1. The summed E-state index contributed by atoms with van der Waals surface area (Å²) in [5, 5.41) is 15.0. The monoisotopic (exact) mass is 942 g/mol. The Morgan fingerprint density at radius 2 is 1.15 bits per heavy atom. The Morgan fingerprint density at radius 3 is 1.86 bits per heavy atom. The summed E-state index contributed by atoms with van der Waals surface area (Å²) in [4.78, 5) is 10.9. The highest BCUT2D eigenvalue weighted by Gasteiger charge is 2.30. The summed E-state index contributed by atoms with van der Waals surface area (Å²) in [5.41, 5.74) is 16.7. The number of hydrogen-bond acceptors (Lipinski definition) is 3. The highest BCUT2D eigenvalue weighted by atomic mass is 16.3. The van der Waals surface area contributed by atoms with Crippen LogP contribution >= 0.6 is 0 Å². The lowest BCUT2D eigenvalue weighted by atomic mass is 9.79. The molecule has 0 aliphatic heterocycles. The van der Waals surface area contributed by atoms with Crippen molar-refractivity contribution in [1.82, 2.24) is 19.1 Å². The molecule has 0 unspecified atom stereocenters. The number of para-hydroxylation sites is 3. The maximum Gasteiger partial charge on any atom is 0.149 e. The van der Waals surface area contributed by atoms with Gasteiger partial charge in [-0.2, -0.15) is 0 Å². The van der Waals surface area contributed by atoms with Gasteiger partial charge in [-0.05, 0) is 118 Å². The summed E-state index contributed by atoms with van der Waals surface area (Å²) in [6.45, 7) is 17.7. The summed E-state index contributed by atoms with van der Waals surface area (Å²) in [6.07, 6.45) is 1.83. The van der Waals surface area contributed by atoms with Crippen molar-refractivity contribution in [3.8, 4) is 73.2 Å². The van der Waals surface area contributed by atoms with E-state index in [0.717, 1.165) is 100.0 Å². The Hall–Kier alpha value is -8.02. The second-order valence-corrected chi connectivity index (χ2v) is 22.3. The number of rotatable bonds is 7. The molecule has 72 heavy (non-hydrogen) atoms. The van der Waals surface area contributed by atoms with E-state index in [0.29, 0.717) is 17.0 Å². The van der Waals surface area contributed by atoms with Gasteiger partial charge in [0.05, 0.1) is 39.0 Å². The average Bonchev–Trinajstić information content (AvgIpc) is 3.98. The minimum atomic E-state index is -2.20. The van der Waals surface area contributed by atoms with Gasteiger partial charge in [-0.25, -0.2) is 4.98 Å². The molecule has 0 aliphatic carbocycles. The molecule has 0 amide bonds. The van der Waals surface area contributed by atoms with Crippen LogP contribution in [0.15, 0.2) is 188 Å². The molecule has 0 atom stereocenters. The van der Waals surface area contributed by atoms with Crippen molar-refractivity contribution >= 4 is 32.8 Å². The molecule has 356 valence electrons. The first-order valence-electron chi connectivity index (χ1n) is 26.5. The quantitative estimate of drug-likeness (QED) is 0.173. The van der Waals surface area contributed by atoms with Gasteiger partial charge < -0.3 is 9.67 Å². The second kappa shape index (κ2) is 17.4. The third-order valence-electron chi connectivity index (χ3n) is 14.2. The topological polar surface area (TPSA) is 55.9 Å². The van der Waals surface area contributed by atoms with Crippen molar-refractivity contribution in [2.45, 2.75) is 85.4 Å². The number of pyridine rings is 1. The van der Waals surface area contributed by atoms with E-state index in [1.165, 1.54) is 5.56 Å². The van der Waals surface area contributed by atoms with E-state index in [4.69, 9.17) is 14.1 Å². The molecule has 0 fully saturated rings. The van der Waals surface area contributed by atoms with E-state index in [2.05, 4.69) is 217 Å². The van der Waals surface area contributed by atoms with Gasteiger partial charge in [0.25, 0.3) is 0 Å². The van der Waals surface area contributed by atoms with Gasteiger partial charge in [-0.3, -0.25) is 9.55 Å². The first kappa shape index (κ1) is 42.8. The first-order chi connectivity index (χ1) is 35.6. The largest absolute Gasteiger partial charge is 0.507 e. The second-order valence-electron chi connectivity index (χ2n) is 22.3. The van der Waals surface area contributed by atoms with Crippen molar-refractivity contribution in [1.29, 1.82) is 0 Å². The Bertz CT molecular complexity index is 3980. The molecule has 3 aromatic heterocycles. The van der Waals surface area contributed by atoms with E-state index in [-0.39, 0.29) is 22.0 Å². The van der Waals surface area contributed by atoms with Gasteiger partial charge in [-0.1, -0.05) is 183 Å². The molecule has 0 radical (unpaired) electrons. The zero-order valence-electron chi connectivity index (χ0n) is 45.6. The van der Waals surface area contributed by atoms with Crippen LogP contribution in [0.25, 0.3) is 100 Å². The lowest BCUT2D eigenvalue weighted by Crippen LogP contribution is -2.17. The predicted octanol–water partition coefficient (Wildman–Crippen LogP) is 17.8. The van der Waals surface area contributed by atoms with E-state index in [1.54, 1.807) is 12.1 Å². The maximum absolute atomic E-state index is 12.8. The molecule has 0 saturated carbocycles. The summed E-state index contributed by atoms with van der Waals surface area (Å²) in [7, 11) is 0. The zero-order valence-corrected chi connectivity index (χ0v) is 42.6. The van der Waals surface area contributed by atoms with Gasteiger partial charge in [0.15, 0.2) is 0 Å². The summed E-state index contributed by atoms with van der Waals surface area (Å²) < 4.78 is 28.5. The molecule has 11 rings (SSSR count). The Morgan fingerprint density at radius 1 is 0.472 bits per heavy atom. The van der Waals surface area contributed by atoms with E-state index in [9.17, 15) is 5.11 Å². The fourth-order valence-electron chi connectivity index (χ4n) is 10.3. The summed E-state index contributed by atoms with van der Waals surface area (Å²) in [5.74, 6) is 0.857. The van der Waals surface area contributed by atoms with Gasteiger partial charge in [0.2, 0.25) is 0 Å². The number of hydrogen-bond donors (Lipinski definition) is 1. The van der Waals surface area contributed by atoms with E-state index < -0.39 is 6.85 Å². The molecule has 8 aromatic carbocycles. The highest BCUT2D eigenvalue weighted by molar-refractivity contribution is 6.17. The van der Waals surface area contributed by atoms with Gasteiger partial charge in [0, 0.05) is 54.6 Å². The maximum atomic E-state index is 12.8. The number of aryl methyl sites for hydroxylation is 1. The van der Waals surface area contributed by atoms with Gasteiger partial charge >= 0.3 is 0 Å². The summed E-state index contributed by atoms with van der Waals surface area (Å²) in [6, 6.07) is 62.9. The van der Waals surface area contributed by atoms with Crippen molar-refractivity contribution < 1.29 is 9.22 Å². The van der Waals surface area contributed by atoms with Crippen molar-refractivity contribution in [3.63, 3.8) is 0 Å². The number of nitrogens with zero attached hydrogens (tertiary/aromatic N) is 4. The van der Waals surface area contributed by atoms with Gasteiger partial charge in [0.1, 0.15) is 11.6 Å². The normalized spacial score (nSPS) is 13.2. The van der Waals surface area contributed by atoms with Crippen LogP contribution in [-0.2, 0) is 16.2 Å². The molecule has 5 nitrogen and oxygen atoms in total.